The van der Waals surface area contributed by atoms with Crippen LogP contribution >= 0.6 is 11.3 Å². The van der Waals surface area contributed by atoms with Crippen LogP contribution in [0.3, 0.4) is 0 Å². The van der Waals surface area contributed by atoms with Crippen molar-refractivity contribution in [1.29, 1.82) is 5.26 Å². The smallest absolute Gasteiger partial charge is 0.0991 e. The zero-order chi connectivity index (χ0) is 12.5. The Morgan fingerprint density at radius 3 is 3.00 bits per heavy atom. The Morgan fingerprint density at radius 2 is 2.28 bits per heavy atom. The van der Waals surface area contributed by atoms with Crippen LogP contribution in [0.4, 0.5) is 0 Å². The van der Waals surface area contributed by atoms with Crippen LogP contribution in [0.15, 0.2) is 35.8 Å². The van der Waals surface area contributed by atoms with Crippen molar-refractivity contribution in [2.75, 3.05) is 0 Å². The summed E-state index contributed by atoms with van der Waals surface area (Å²) >= 11 is 1.67. The molecule has 0 spiro atoms. The molecular formula is C14H11N3S. The highest BCUT2D eigenvalue weighted by atomic mass is 32.1. The van der Waals surface area contributed by atoms with Gasteiger partial charge < -0.3 is 4.57 Å². The summed E-state index contributed by atoms with van der Waals surface area (Å²) in [6, 6.07) is 9.96. The fraction of sp³-hybridized carbons (Fsp3) is 0.143. The maximum Gasteiger partial charge on any atom is 0.0991 e. The number of rotatable bonds is 2. The van der Waals surface area contributed by atoms with Crippen molar-refractivity contribution in [2.45, 2.75) is 13.5 Å². The molecule has 0 aliphatic heterocycles. The number of hydrogen-bond donors (Lipinski definition) is 0. The summed E-state index contributed by atoms with van der Waals surface area (Å²) in [5, 5.41) is 13.2. The van der Waals surface area contributed by atoms with Gasteiger partial charge in [-0.2, -0.15) is 5.26 Å². The summed E-state index contributed by atoms with van der Waals surface area (Å²) < 4.78 is 2.16. The first-order valence-corrected chi connectivity index (χ1v) is 6.54. The van der Waals surface area contributed by atoms with Gasteiger partial charge in [0.25, 0.3) is 0 Å². The predicted molar refractivity (Wildman–Crippen MR) is 72.6 cm³/mol. The van der Waals surface area contributed by atoms with Crippen LogP contribution in [-0.2, 0) is 6.54 Å². The van der Waals surface area contributed by atoms with Gasteiger partial charge in [-0.1, -0.05) is 0 Å². The zero-order valence-corrected chi connectivity index (χ0v) is 10.7. The van der Waals surface area contributed by atoms with Crippen LogP contribution in [0, 0.1) is 18.3 Å². The topological polar surface area (TPSA) is 41.6 Å². The van der Waals surface area contributed by atoms with Gasteiger partial charge in [0, 0.05) is 22.5 Å². The second kappa shape index (κ2) is 4.28. The molecule has 0 amide bonds. The molecule has 3 rings (SSSR count). The summed E-state index contributed by atoms with van der Waals surface area (Å²) in [7, 11) is 0. The summed E-state index contributed by atoms with van der Waals surface area (Å²) in [5.74, 6) is 0. The Balaban J connectivity index is 2.00. The van der Waals surface area contributed by atoms with E-state index < -0.39 is 0 Å². The number of fused-ring (bicyclic) bond motifs is 1. The molecule has 18 heavy (non-hydrogen) atoms. The molecule has 0 radical (unpaired) electrons. The number of nitrogens with zero attached hydrogens (tertiary/aromatic N) is 3. The third kappa shape index (κ3) is 1.89. The van der Waals surface area contributed by atoms with Gasteiger partial charge in [-0.05, 0) is 31.2 Å². The molecular weight excluding hydrogens is 242 g/mol. The Labute approximate surface area is 109 Å². The second-order valence-electron chi connectivity index (χ2n) is 4.19. The molecule has 0 unspecified atom stereocenters. The molecule has 0 aliphatic carbocycles. The van der Waals surface area contributed by atoms with Gasteiger partial charge in [0.15, 0.2) is 0 Å². The molecule has 3 nitrogen and oxygen atoms in total. The second-order valence-corrected chi connectivity index (χ2v) is 5.25. The number of hydrogen-bond acceptors (Lipinski definition) is 3. The van der Waals surface area contributed by atoms with E-state index in [1.807, 2.05) is 37.4 Å². The fourth-order valence-electron chi connectivity index (χ4n) is 2.06. The standard InChI is InChI=1S/C14H11N3S/c1-10-16-13(9-18-10)8-17-5-4-12-6-11(7-15)2-3-14(12)17/h2-6,9H,8H2,1H3. The Hall–Kier alpha value is -2.12. The minimum atomic E-state index is 0.699. The number of aryl methyl sites for hydroxylation is 1. The van der Waals surface area contributed by atoms with E-state index in [9.17, 15) is 0 Å². The first-order valence-electron chi connectivity index (χ1n) is 5.66. The average molecular weight is 253 g/mol. The first-order chi connectivity index (χ1) is 8.76. The molecule has 0 bridgehead atoms. The van der Waals surface area contributed by atoms with Gasteiger partial charge in [0.1, 0.15) is 0 Å². The number of nitriles is 1. The highest BCUT2D eigenvalue weighted by Gasteiger charge is 2.04. The van der Waals surface area contributed by atoms with Crippen molar-refractivity contribution in [2.24, 2.45) is 0 Å². The van der Waals surface area contributed by atoms with Gasteiger partial charge in [-0.3, -0.25) is 0 Å². The van der Waals surface area contributed by atoms with Gasteiger partial charge >= 0.3 is 0 Å². The molecule has 2 aromatic heterocycles. The SMILES string of the molecule is Cc1nc(Cn2ccc3cc(C#N)ccc32)cs1. The van der Waals surface area contributed by atoms with E-state index >= 15 is 0 Å². The summed E-state index contributed by atoms with van der Waals surface area (Å²) in [5.41, 5.74) is 2.92. The molecule has 0 fully saturated rings. The van der Waals surface area contributed by atoms with Crippen LogP contribution in [0.25, 0.3) is 10.9 Å². The summed E-state index contributed by atoms with van der Waals surface area (Å²) in [6.07, 6.45) is 2.04. The first kappa shape index (κ1) is 11.0. The zero-order valence-electron chi connectivity index (χ0n) is 9.92. The molecule has 0 aliphatic rings. The van der Waals surface area contributed by atoms with E-state index in [4.69, 9.17) is 5.26 Å². The lowest BCUT2D eigenvalue weighted by molar-refractivity contribution is 0.812. The number of aromatic nitrogens is 2. The molecule has 0 atom stereocenters. The van der Waals surface area contributed by atoms with Crippen LogP contribution in [0.1, 0.15) is 16.3 Å². The normalized spacial score (nSPS) is 10.7. The molecule has 3 aromatic rings. The van der Waals surface area contributed by atoms with Crippen LogP contribution in [-0.4, -0.2) is 9.55 Å². The third-order valence-corrected chi connectivity index (χ3v) is 3.72. The summed E-state index contributed by atoms with van der Waals surface area (Å²) in [4.78, 5) is 4.47. The Bertz CT molecular complexity index is 746. The summed E-state index contributed by atoms with van der Waals surface area (Å²) in [6.45, 7) is 2.79. The molecule has 0 saturated carbocycles. The van der Waals surface area contributed by atoms with Crippen LogP contribution in [0.2, 0.25) is 0 Å². The highest BCUT2D eigenvalue weighted by Crippen LogP contribution is 2.19. The van der Waals surface area contributed by atoms with Crippen LogP contribution in [0.5, 0.6) is 0 Å². The van der Waals surface area contributed by atoms with Crippen LogP contribution < -0.4 is 0 Å². The lowest BCUT2D eigenvalue weighted by Gasteiger charge is -2.02. The lowest BCUT2D eigenvalue weighted by atomic mass is 10.2. The van der Waals surface area contributed by atoms with E-state index in [-0.39, 0.29) is 0 Å². The van der Waals surface area contributed by atoms with Gasteiger partial charge in [0.05, 0.1) is 28.9 Å². The van der Waals surface area contributed by atoms with Crippen molar-refractivity contribution in [3.05, 3.63) is 52.1 Å². The number of thiazole rings is 1. The fourth-order valence-corrected chi connectivity index (χ4v) is 2.67. The van der Waals surface area contributed by atoms with E-state index in [2.05, 4.69) is 21.0 Å². The largest absolute Gasteiger partial charge is 0.341 e. The van der Waals surface area contributed by atoms with E-state index in [1.54, 1.807) is 11.3 Å². The third-order valence-electron chi connectivity index (χ3n) is 2.90. The van der Waals surface area contributed by atoms with E-state index in [1.165, 1.54) is 0 Å². The number of benzene rings is 1. The lowest BCUT2D eigenvalue weighted by Crippen LogP contribution is -1.98. The molecule has 0 N–H and O–H groups in total. The molecule has 2 heterocycles. The maximum atomic E-state index is 8.88. The van der Waals surface area contributed by atoms with Crippen molar-refractivity contribution >= 4 is 22.2 Å². The minimum absolute atomic E-state index is 0.699. The van der Waals surface area contributed by atoms with Crippen molar-refractivity contribution in [3.63, 3.8) is 0 Å². The minimum Gasteiger partial charge on any atom is -0.341 e. The monoisotopic (exact) mass is 253 g/mol. The molecule has 1 aromatic carbocycles. The Kier molecular flexibility index (Phi) is 2.62. The molecule has 0 saturated heterocycles. The van der Waals surface area contributed by atoms with E-state index in [0.717, 1.165) is 28.1 Å². The maximum absolute atomic E-state index is 8.88. The quantitative estimate of drug-likeness (QED) is 0.703. The van der Waals surface area contributed by atoms with Crippen molar-refractivity contribution < 1.29 is 0 Å². The average Bonchev–Trinajstić information content (AvgIpc) is 2.96. The molecule has 88 valence electrons. The predicted octanol–water partition coefficient (Wildman–Crippen LogP) is 3.33. The van der Waals surface area contributed by atoms with Gasteiger partial charge in [0.2, 0.25) is 0 Å². The highest BCUT2D eigenvalue weighted by molar-refractivity contribution is 7.09. The van der Waals surface area contributed by atoms with Gasteiger partial charge in [-0.25, -0.2) is 4.98 Å². The van der Waals surface area contributed by atoms with Crippen molar-refractivity contribution in [1.82, 2.24) is 9.55 Å². The Morgan fingerprint density at radius 1 is 1.39 bits per heavy atom. The van der Waals surface area contributed by atoms with E-state index in [0.29, 0.717) is 5.56 Å². The van der Waals surface area contributed by atoms with Crippen molar-refractivity contribution in [3.8, 4) is 6.07 Å². The molecule has 4 heteroatoms. The van der Waals surface area contributed by atoms with Gasteiger partial charge in [-0.15, -0.1) is 11.3 Å².